The molecule has 1 saturated heterocycles. The summed E-state index contributed by atoms with van der Waals surface area (Å²) in [5.41, 5.74) is 11.2. The van der Waals surface area contributed by atoms with Crippen molar-refractivity contribution < 1.29 is 27.8 Å². The van der Waals surface area contributed by atoms with E-state index in [2.05, 4.69) is 10.1 Å². The van der Waals surface area contributed by atoms with Crippen molar-refractivity contribution in [1.82, 2.24) is 0 Å². The molecule has 1 aliphatic heterocycles. The highest BCUT2D eigenvalue weighted by molar-refractivity contribution is 5.98. The van der Waals surface area contributed by atoms with Crippen molar-refractivity contribution >= 4 is 23.2 Å². The second kappa shape index (κ2) is 7.99. The molecule has 1 fully saturated rings. The number of anilines is 2. The van der Waals surface area contributed by atoms with Gasteiger partial charge in [-0.1, -0.05) is 0 Å². The zero-order valence-electron chi connectivity index (χ0n) is 12.7. The number of nitrogens with one attached hydrogen (secondary N) is 1. The Morgan fingerprint density at radius 1 is 1.46 bits per heavy atom. The van der Waals surface area contributed by atoms with E-state index in [0.717, 1.165) is 0 Å². The van der Waals surface area contributed by atoms with Crippen molar-refractivity contribution in [2.45, 2.75) is 12.7 Å². The minimum absolute atomic E-state index is 0.0629. The maximum atomic E-state index is 12.7. The van der Waals surface area contributed by atoms with E-state index in [1.54, 1.807) is 0 Å². The number of nitrogens with zero attached hydrogens (tertiary/aromatic N) is 1. The molecule has 0 saturated carbocycles. The van der Waals surface area contributed by atoms with Crippen LogP contribution in [0.5, 0.6) is 5.75 Å². The van der Waals surface area contributed by atoms with Crippen LogP contribution in [0.1, 0.15) is 0 Å². The second-order valence-corrected chi connectivity index (χ2v) is 4.99. The number of carbonyl (C=O) groups excluding carboxylic acids is 2. The Morgan fingerprint density at radius 2 is 2.21 bits per heavy atom. The molecule has 5 N–H and O–H groups in total. The molecule has 1 aromatic carbocycles. The van der Waals surface area contributed by atoms with Crippen LogP contribution < -0.4 is 26.4 Å². The molecular formula is C14H18F2N4O4. The normalized spacial score (nSPS) is 16.2. The summed E-state index contributed by atoms with van der Waals surface area (Å²) >= 11 is 0. The van der Waals surface area contributed by atoms with Crippen molar-refractivity contribution in [1.29, 1.82) is 0 Å². The van der Waals surface area contributed by atoms with Crippen molar-refractivity contribution in [2.24, 2.45) is 11.5 Å². The molecule has 1 aliphatic rings. The fourth-order valence-corrected chi connectivity index (χ4v) is 2.12. The van der Waals surface area contributed by atoms with Gasteiger partial charge in [0.2, 0.25) is 5.91 Å². The van der Waals surface area contributed by atoms with E-state index in [1.165, 1.54) is 23.1 Å². The smallest absolute Gasteiger partial charge is 0.387 e. The van der Waals surface area contributed by atoms with Crippen LogP contribution in [0.4, 0.5) is 20.2 Å². The van der Waals surface area contributed by atoms with Gasteiger partial charge in [-0.15, -0.1) is 0 Å². The molecule has 1 aromatic rings. The average molecular weight is 344 g/mol. The standard InChI is InChI=1S/C14H18F2N4O4/c15-14(16)24-11-5-8(19-13(22)9(18)6-17)1-2-10(11)20-3-4-23-7-12(20)21/h1-2,5,9,14H,3-4,6-7,17-18H2,(H,19,22)/t9-/m0/s1. The first-order valence-electron chi connectivity index (χ1n) is 7.16. The summed E-state index contributed by atoms with van der Waals surface area (Å²) in [5, 5.41) is 2.45. The minimum atomic E-state index is -3.09. The van der Waals surface area contributed by atoms with Gasteiger partial charge >= 0.3 is 6.61 Å². The highest BCUT2D eigenvalue weighted by Gasteiger charge is 2.25. The van der Waals surface area contributed by atoms with Crippen molar-refractivity contribution in [3.8, 4) is 5.75 Å². The predicted molar refractivity (Wildman–Crippen MR) is 81.9 cm³/mol. The van der Waals surface area contributed by atoms with Crippen LogP contribution in [-0.4, -0.2) is 50.8 Å². The third kappa shape index (κ3) is 4.37. The Bertz CT molecular complexity index is 614. The molecule has 0 aliphatic carbocycles. The third-order valence-electron chi connectivity index (χ3n) is 3.31. The SMILES string of the molecule is NC[C@H](N)C(=O)Nc1ccc(N2CCOCC2=O)c(OC(F)F)c1. The first-order chi connectivity index (χ1) is 11.4. The molecule has 1 heterocycles. The number of halogens is 2. The number of carbonyl (C=O) groups is 2. The Hall–Kier alpha value is -2.30. The summed E-state index contributed by atoms with van der Waals surface area (Å²) in [5.74, 6) is -1.17. The van der Waals surface area contributed by atoms with Crippen LogP contribution in [0.3, 0.4) is 0 Å². The Kier molecular flexibility index (Phi) is 6.01. The number of hydrogen-bond acceptors (Lipinski definition) is 6. The van der Waals surface area contributed by atoms with Crippen molar-refractivity contribution in [2.75, 3.05) is 36.5 Å². The second-order valence-electron chi connectivity index (χ2n) is 4.99. The molecule has 8 nitrogen and oxygen atoms in total. The summed E-state index contributed by atoms with van der Waals surface area (Å²) in [4.78, 5) is 24.9. The quantitative estimate of drug-likeness (QED) is 0.662. The maximum absolute atomic E-state index is 12.7. The number of nitrogens with two attached hydrogens (primary N) is 2. The van der Waals surface area contributed by atoms with Crippen LogP contribution in [0.25, 0.3) is 0 Å². The molecule has 0 unspecified atom stereocenters. The summed E-state index contributed by atoms with van der Waals surface area (Å²) in [7, 11) is 0. The molecule has 1 atom stereocenters. The average Bonchev–Trinajstić information content (AvgIpc) is 2.54. The monoisotopic (exact) mass is 344 g/mol. The van der Waals surface area contributed by atoms with Gasteiger partial charge in [0.15, 0.2) is 5.75 Å². The number of hydrogen-bond donors (Lipinski definition) is 3. The highest BCUT2D eigenvalue weighted by Crippen LogP contribution is 2.33. The Morgan fingerprint density at radius 3 is 2.83 bits per heavy atom. The summed E-state index contributed by atoms with van der Waals surface area (Å²) in [6.07, 6.45) is 0. The topological polar surface area (TPSA) is 120 Å². The summed E-state index contributed by atoms with van der Waals surface area (Å²) in [6.45, 7) is -2.80. The van der Waals surface area contributed by atoms with Gasteiger partial charge < -0.3 is 31.2 Å². The Labute approximate surface area is 136 Å². The van der Waals surface area contributed by atoms with Crippen LogP contribution in [0.15, 0.2) is 18.2 Å². The molecule has 0 radical (unpaired) electrons. The molecular weight excluding hydrogens is 326 g/mol. The molecule has 0 spiro atoms. The van der Waals surface area contributed by atoms with Gasteiger partial charge in [0.1, 0.15) is 6.61 Å². The van der Waals surface area contributed by atoms with Crippen LogP contribution >= 0.6 is 0 Å². The number of morpholine rings is 1. The van der Waals surface area contributed by atoms with E-state index in [-0.39, 0.29) is 49.3 Å². The lowest BCUT2D eigenvalue weighted by Crippen LogP contribution is -2.42. The molecule has 0 aromatic heterocycles. The molecule has 24 heavy (non-hydrogen) atoms. The van der Waals surface area contributed by atoms with Crippen LogP contribution in [0, 0.1) is 0 Å². The third-order valence-corrected chi connectivity index (χ3v) is 3.31. The van der Waals surface area contributed by atoms with Crippen LogP contribution in [-0.2, 0) is 14.3 Å². The zero-order valence-corrected chi connectivity index (χ0v) is 12.7. The van der Waals surface area contributed by atoms with E-state index in [1.807, 2.05) is 0 Å². The number of amides is 2. The van der Waals surface area contributed by atoms with Gasteiger partial charge in [0.05, 0.1) is 18.3 Å². The van der Waals surface area contributed by atoms with Crippen molar-refractivity contribution in [3.63, 3.8) is 0 Å². The van der Waals surface area contributed by atoms with Gasteiger partial charge in [-0.25, -0.2) is 0 Å². The molecule has 0 bridgehead atoms. The lowest BCUT2D eigenvalue weighted by Gasteiger charge is -2.28. The maximum Gasteiger partial charge on any atom is 0.387 e. The number of benzene rings is 1. The number of rotatable bonds is 6. The van der Waals surface area contributed by atoms with E-state index >= 15 is 0 Å². The predicted octanol–water partition coefficient (Wildman–Crippen LogP) is -0.124. The summed E-state index contributed by atoms with van der Waals surface area (Å²) < 4.78 is 34.8. The molecule has 2 rings (SSSR count). The zero-order chi connectivity index (χ0) is 17.7. The van der Waals surface area contributed by atoms with Gasteiger partial charge in [0, 0.05) is 24.8 Å². The largest absolute Gasteiger partial charge is 0.433 e. The minimum Gasteiger partial charge on any atom is -0.433 e. The van der Waals surface area contributed by atoms with E-state index in [0.29, 0.717) is 0 Å². The van der Waals surface area contributed by atoms with Gasteiger partial charge in [-0.2, -0.15) is 8.78 Å². The van der Waals surface area contributed by atoms with E-state index in [4.69, 9.17) is 16.2 Å². The highest BCUT2D eigenvalue weighted by atomic mass is 19.3. The lowest BCUT2D eigenvalue weighted by molar-refractivity contribution is -0.125. The number of ether oxygens (including phenoxy) is 2. The lowest BCUT2D eigenvalue weighted by atomic mass is 10.2. The van der Waals surface area contributed by atoms with E-state index in [9.17, 15) is 18.4 Å². The van der Waals surface area contributed by atoms with Gasteiger partial charge in [-0.05, 0) is 12.1 Å². The first kappa shape index (κ1) is 18.0. The fourth-order valence-electron chi connectivity index (χ4n) is 2.12. The molecule has 2 amide bonds. The van der Waals surface area contributed by atoms with Crippen LogP contribution in [0.2, 0.25) is 0 Å². The van der Waals surface area contributed by atoms with Gasteiger partial charge in [0.25, 0.3) is 5.91 Å². The van der Waals surface area contributed by atoms with Crippen molar-refractivity contribution in [3.05, 3.63) is 18.2 Å². The molecule has 132 valence electrons. The Balaban J connectivity index is 2.27. The van der Waals surface area contributed by atoms with Gasteiger partial charge in [-0.3, -0.25) is 9.59 Å². The van der Waals surface area contributed by atoms with E-state index < -0.39 is 18.6 Å². The molecule has 10 heteroatoms. The summed E-state index contributed by atoms with van der Waals surface area (Å²) in [6, 6.07) is 3.14. The fraction of sp³-hybridized carbons (Fsp3) is 0.429. The first-order valence-corrected chi connectivity index (χ1v) is 7.16. The number of alkyl halides is 2.